The Kier molecular flexibility index (Phi) is 8.30. The van der Waals surface area contributed by atoms with Gasteiger partial charge in [-0.3, -0.25) is 0 Å². The molecular formula is C28H35ClFN5O2S. The molecule has 7 nitrogen and oxygen atoms in total. The number of halogens is 2. The highest BCUT2D eigenvalue weighted by atomic mass is 35.5. The number of rotatable bonds is 7. The number of aromatic nitrogens is 2. The minimum atomic E-state index is -3.38. The molecule has 0 bridgehead atoms. The number of benzene rings is 2. The molecule has 204 valence electrons. The quantitative estimate of drug-likeness (QED) is 0.416. The largest absolute Gasteiger partial charge is 0.367 e. The van der Waals surface area contributed by atoms with E-state index in [1.165, 1.54) is 6.07 Å². The van der Waals surface area contributed by atoms with Gasteiger partial charge in [0.2, 0.25) is 5.95 Å². The van der Waals surface area contributed by atoms with E-state index in [2.05, 4.69) is 32.1 Å². The van der Waals surface area contributed by atoms with Crippen LogP contribution >= 0.6 is 11.6 Å². The van der Waals surface area contributed by atoms with Crippen molar-refractivity contribution < 1.29 is 12.8 Å². The molecular weight excluding hydrogens is 525 g/mol. The van der Waals surface area contributed by atoms with Crippen LogP contribution in [0.5, 0.6) is 0 Å². The van der Waals surface area contributed by atoms with Crippen LogP contribution in [0.25, 0.3) is 0 Å². The maximum absolute atomic E-state index is 14.9. The number of hydrogen-bond acceptors (Lipinski definition) is 7. The van der Waals surface area contributed by atoms with Gasteiger partial charge in [0.1, 0.15) is 5.82 Å². The summed E-state index contributed by atoms with van der Waals surface area (Å²) in [4.78, 5) is 13.3. The zero-order valence-electron chi connectivity index (χ0n) is 22.6. The summed E-state index contributed by atoms with van der Waals surface area (Å²) in [7, 11) is -1.32. The number of sulfone groups is 1. The fraction of sp³-hybridized carbons (Fsp3) is 0.429. The van der Waals surface area contributed by atoms with Crippen LogP contribution in [0.2, 0.25) is 5.02 Å². The average Bonchev–Trinajstić information content (AvgIpc) is 2.83. The third-order valence-corrected chi connectivity index (χ3v) is 9.81. The first-order chi connectivity index (χ1) is 17.8. The number of likely N-dealkylation sites (N-methyl/N-ethyl adjacent to an activating group) is 1. The van der Waals surface area contributed by atoms with Crippen molar-refractivity contribution in [2.75, 3.05) is 43.4 Å². The molecule has 1 fully saturated rings. The van der Waals surface area contributed by atoms with Crippen LogP contribution in [-0.2, 0) is 22.0 Å². The number of nitrogens with zero attached hydrogens (tertiary/aromatic N) is 4. The predicted octanol–water partition coefficient (Wildman–Crippen LogP) is 5.38. The Balaban J connectivity index is 1.51. The van der Waals surface area contributed by atoms with Crippen LogP contribution in [0.1, 0.15) is 43.2 Å². The van der Waals surface area contributed by atoms with Gasteiger partial charge in [0.05, 0.1) is 21.9 Å². The van der Waals surface area contributed by atoms with Crippen molar-refractivity contribution in [2.24, 2.45) is 0 Å². The van der Waals surface area contributed by atoms with Gasteiger partial charge in [-0.05, 0) is 75.7 Å². The Hall–Kier alpha value is -2.75. The Morgan fingerprint density at radius 3 is 2.45 bits per heavy atom. The molecule has 0 aliphatic carbocycles. The van der Waals surface area contributed by atoms with Crippen molar-refractivity contribution in [3.8, 4) is 0 Å². The van der Waals surface area contributed by atoms with Crippen LogP contribution in [-0.4, -0.2) is 61.3 Å². The van der Waals surface area contributed by atoms with Crippen LogP contribution in [0.4, 0.5) is 21.7 Å². The summed E-state index contributed by atoms with van der Waals surface area (Å²) in [6.07, 6.45) is 2.19. The van der Waals surface area contributed by atoms with Gasteiger partial charge in [0.15, 0.2) is 9.84 Å². The molecule has 0 saturated carbocycles. The van der Waals surface area contributed by atoms with Gasteiger partial charge in [-0.25, -0.2) is 22.8 Å². The highest BCUT2D eigenvalue weighted by Crippen LogP contribution is 2.28. The molecule has 0 atom stereocenters. The smallest absolute Gasteiger partial charge is 0.227 e. The summed E-state index contributed by atoms with van der Waals surface area (Å²) in [5, 5.41) is 3.54. The number of nitrogens with one attached hydrogen (secondary N) is 1. The summed E-state index contributed by atoms with van der Waals surface area (Å²) in [6.45, 7) is 10.4. The topological polar surface area (TPSA) is 78.4 Å². The van der Waals surface area contributed by atoms with E-state index >= 15 is 0 Å². The summed E-state index contributed by atoms with van der Waals surface area (Å²) in [5.41, 5.74) is 4.30. The first kappa shape index (κ1) is 28.3. The van der Waals surface area contributed by atoms with Crippen molar-refractivity contribution in [3.63, 3.8) is 0 Å². The third-order valence-electron chi connectivity index (χ3n) is 6.88. The van der Waals surface area contributed by atoms with E-state index in [1.54, 1.807) is 39.1 Å². The summed E-state index contributed by atoms with van der Waals surface area (Å²) >= 11 is 6.35. The van der Waals surface area contributed by atoms with E-state index < -0.39 is 14.6 Å². The molecule has 1 aliphatic heterocycles. The van der Waals surface area contributed by atoms with E-state index in [0.29, 0.717) is 34.3 Å². The van der Waals surface area contributed by atoms with Gasteiger partial charge >= 0.3 is 0 Å². The number of piperazine rings is 1. The molecule has 0 radical (unpaired) electrons. The summed E-state index contributed by atoms with van der Waals surface area (Å²) < 4.78 is 39.6. The second-order valence-electron chi connectivity index (χ2n) is 10.9. The van der Waals surface area contributed by atoms with Crippen LogP contribution in [0.3, 0.4) is 0 Å². The van der Waals surface area contributed by atoms with Crippen LogP contribution in [0, 0.1) is 12.7 Å². The molecule has 4 rings (SSSR count). The van der Waals surface area contributed by atoms with Crippen molar-refractivity contribution in [1.29, 1.82) is 0 Å². The molecule has 10 heteroatoms. The number of anilines is 3. The van der Waals surface area contributed by atoms with Gasteiger partial charge < -0.3 is 15.1 Å². The van der Waals surface area contributed by atoms with Crippen LogP contribution < -0.4 is 10.2 Å². The average molecular weight is 560 g/mol. The van der Waals surface area contributed by atoms with E-state index in [0.717, 1.165) is 43.0 Å². The lowest BCUT2D eigenvalue weighted by atomic mass is 10.0. The Morgan fingerprint density at radius 1 is 1.08 bits per heavy atom. The third kappa shape index (κ3) is 6.62. The Morgan fingerprint density at radius 2 is 1.79 bits per heavy atom. The highest BCUT2D eigenvalue weighted by Gasteiger charge is 2.29. The van der Waals surface area contributed by atoms with Crippen molar-refractivity contribution in [3.05, 3.63) is 75.8 Å². The number of aryl methyl sites for hydroxylation is 1. The maximum Gasteiger partial charge on any atom is 0.227 e. The fourth-order valence-electron chi connectivity index (χ4n) is 4.20. The SMILES string of the molecule is Cc1cnc(Nc2ccc(N3CCN(C)CC3)c(F)c2)nc1Cc1ccc(Cl)c(CS(=O)(=O)C(C)(C)C)c1. The standard InChI is InChI=1S/C28H35ClFN5O2S/c1-19-17-31-27(32-22-7-9-26(24(30)16-22)35-12-10-34(5)11-13-35)33-25(19)15-20-6-8-23(29)21(14-20)18-38(36,37)28(2,3)4/h6-9,14,16-17H,10-13,15,18H2,1-5H3,(H,31,32,33). The lowest BCUT2D eigenvalue weighted by Gasteiger charge is -2.34. The minimum Gasteiger partial charge on any atom is -0.367 e. The first-order valence-electron chi connectivity index (χ1n) is 12.6. The highest BCUT2D eigenvalue weighted by molar-refractivity contribution is 7.91. The Labute approximate surface area is 230 Å². The molecule has 0 unspecified atom stereocenters. The second kappa shape index (κ2) is 11.2. The van der Waals surface area contributed by atoms with E-state index in [1.807, 2.05) is 25.1 Å². The molecule has 0 amide bonds. The molecule has 0 spiro atoms. The molecule has 1 aliphatic rings. The predicted molar refractivity (Wildman–Crippen MR) is 153 cm³/mol. The fourth-order valence-corrected chi connectivity index (χ4v) is 5.54. The second-order valence-corrected chi connectivity index (χ2v) is 14.0. The molecule has 1 aromatic heterocycles. The van der Waals surface area contributed by atoms with Gasteiger partial charge in [-0.15, -0.1) is 0 Å². The molecule has 2 aromatic carbocycles. The van der Waals surface area contributed by atoms with Gasteiger partial charge in [0, 0.05) is 49.5 Å². The minimum absolute atomic E-state index is 0.131. The lowest BCUT2D eigenvalue weighted by Crippen LogP contribution is -2.44. The van der Waals surface area contributed by atoms with Crippen molar-refractivity contribution in [2.45, 2.75) is 44.6 Å². The molecule has 2 heterocycles. The lowest BCUT2D eigenvalue weighted by molar-refractivity contribution is 0.311. The maximum atomic E-state index is 14.9. The van der Waals surface area contributed by atoms with E-state index in [9.17, 15) is 12.8 Å². The molecule has 38 heavy (non-hydrogen) atoms. The molecule has 3 aromatic rings. The van der Waals surface area contributed by atoms with E-state index in [-0.39, 0.29) is 11.6 Å². The monoisotopic (exact) mass is 559 g/mol. The van der Waals surface area contributed by atoms with Gasteiger partial charge in [-0.1, -0.05) is 23.7 Å². The number of hydrogen-bond donors (Lipinski definition) is 1. The van der Waals surface area contributed by atoms with Crippen LogP contribution in [0.15, 0.2) is 42.6 Å². The normalized spacial score (nSPS) is 15.1. The zero-order chi connectivity index (χ0) is 27.7. The van der Waals surface area contributed by atoms with Crippen molar-refractivity contribution >= 4 is 38.8 Å². The summed E-state index contributed by atoms with van der Waals surface area (Å²) in [5.74, 6) is -0.0540. The molecule has 1 N–H and O–H groups in total. The Bertz CT molecular complexity index is 1420. The van der Waals surface area contributed by atoms with E-state index in [4.69, 9.17) is 11.6 Å². The van der Waals surface area contributed by atoms with Gasteiger partial charge in [-0.2, -0.15) is 0 Å². The first-order valence-corrected chi connectivity index (χ1v) is 14.7. The van der Waals surface area contributed by atoms with Gasteiger partial charge in [0.25, 0.3) is 0 Å². The molecule has 1 saturated heterocycles. The zero-order valence-corrected chi connectivity index (χ0v) is 24.1. The van der Waals surface area contributed by atoms with Crippen molar-refractivity contribution in [1.82, 2.24) is 14.9 Å². The summed E-state index contributed by atoms with van der Waals surface area (Å²) in [6, 6.07) is 10.5.